The van der Waals surface area contributed by atoms with Gasteiger partial charge in [-0.05, 0) is 30.3 Å². The molecule has 6 nitrogen and oxygen atoms in total. The van der Waals surface area contributed by atoms with Crippen LogP contribution in [0.4, 0.5) is 0 Å². The van der Waals surface area contributed by atoms with Crippen LogP contribution in [0.5, 0.6) is 11.5 Å². The Morgan fingerprint density at radius 1 is 1.08 bits per heavy atom. The Labute approximate surface area is 153 Å². The lowest BCUT2D eigenvalue weighted by molar-refractivity contribution is -0.136. The standard InChI is InChI=1S/C19H14ClNO5/c20-11-2-3-12-13(9-17(22)23)18(21-14(12)8-11)19(24)10-1-4-15-16(7-10)26-6-5-25-15/h1-4,7-8,21H,5-6,9H2,(H,22,23). The first-order valence-electron chi connectivity index (χ1n) is 7.99. The third kappa shape index (κ3) is 2.88. The number of rotatable bonds is 4. The van der Waals surface area contributed by atoms with E-state index in [1.54, 1.807) is 36.4 Å². The number of carbonyl (C=O) groups is 2. The van der Waals surface area contributed by atoms with Crippen LogP contribution in [0.2, 0.25) is 5.02 Å². The molecule has 0 atom stereocenters. The Morgan fingerprint density at radius 2 is 1.85 bits per heavy atom. The average Bonchev–Trinajstić information content (AvgIpc) is 2.97. The van der Waals surface area contributed by atoms with E-state index < -0.39 is 5.97 Å². The highest BCUT2D eigenvalue weighted by Crippen LogP contribution is 2.33. The quantitative estimate of drug-likeness (QED) is 0.686. The summed E-state index contributed by atoms with van der Waals surface area (Å²) in [5, 5.41) is 10.4. The van der Waals surface area contributed by atoms with Crippen molar-refractivity contribution in [2.45, 2.75) is 6.42 Å². The maximum absolute atomic E-state index is 13.0. The van der Waals surface area contributed by atoms with Gasteiger partial charge in [-0.15, -0.1) is 0 Å². The third-order valence-corrected chi connectivity index (χ3v) is 4.46. The lowest BCUT2D eigenvalue weighted by Gasteiger charge is -2.18. The van der Waals surface area contributed by atoms with E-state index in [2.05, 4.69) is 4.98 Å². The molecule has 0 bridgehead atoms. The molecule has 132 valence electrons. The van der Waals surface area contributed by atoms with E-state index in [1.165, 1.54) is 0 Å². The van der Waals surface area contributed by atoms with Gasteiger partial charge in [-0.25, -0.2) is 0 Å². The first kappa shape index (κ1) is 16.5. The van der Waals surface area contributed by atoms with Crippen LogP contribution < -0.4 is 9.47 Å². The number of carboxylic acids is 1. The fourth-order valence-electron chi connectivity index (χ4n) is 3.09. The molecule has 2 heterocycles. The Bertz CT molecular complexity index is 1040. The van der Waals surface area contributed by atoms with Crippen molar-refractivity contribution >= 4 is 34.3 Å². The van der Waals surface area contributed by atoms with Crippen molar-refractivity contribution in [1.82, 2.24) is 4.98 Å². The first-order chi connectivity index (χ1) is 12.5. The van der Waals surface area contributed by atoms with Crippen LogP contribution in [-0.4, -0.2) is 35.1 Å². The number of carboxylic acid groups (broad SMARTS) is 1. The lowest BCUT2D eigenvalue weighted by Crippen LogP contribution is -2.16. The van der Waals surface area contributed by atoms with E-state index in [1.807, 2.05) is 0 Å². The SMILES string of the molecule is O=C(O)Cc1c(C(=O)c2ccc3c(c2)OCCO3)[nH]c2cc(Cl)ccc12. The molecule has 2 N–H and O–H groups in total. The van der Waals surface area contributed by atoms with Crippen LogP contribution in [0.25, 0.3) is 10.9 Å². The molecule has 0 amide bonds. The van der Waals surface area contributed by atoms with Gasteiger partial charge in [0.25, 0.3) is 0 Å². The number of halogens is 1. The molecule has 0 unspecified atom stereocenters. The molecular weight excluding hydrogens is 358 g/mol. The molecule has 3 aromatic rings. The molecule has 2 aromatic carbocycles. The number of fused-ring (bicyclic) bond motifs is 2. The zero-order valence-corrected chi connectivity index (χ0v) is 14.3. The van der Waals surface area contributed by atoms with Crippen molar-refractivity contribution in [2.24, 2.45) is 0 Å². The highest BCUT2D eigenvalue weighted by atomic mass is 35.5. The maximum atomic E-state index is 13.0. The minimum atomic E-state index is -1.02. The van der Waals surface area contributed by atoms with E-state index in [4.69, 9.17) is 21.1 Å². The summed E-state index contributed by atoms with van der Waals surface area (Å²) in [6.07, 6.45) is -0.271. The number of aromatic nitrogens is 1. The van der Waals surface area contributed by atoms with Crippen LogP contribution in [-0.2, 0) is 11.2 Å². The van der Waals surface area contributed by atoms with Gasteiger partial charge in [0, 0.05) is 27.1 Å². The summed E-state index contributed by atoms with van der Waals surface area (Å²) >= 11 is 6.01. The number of nitrogens with one attached hydrogen (secondary N) is 1. The molecule has 1 aliphatic heterocycles. The van der Waals surface area contributed by atoms with Crippen molar-refractivity contribution in [2.75, 3.05) is 13.2 Å². The Morgan fingerprint density at radius 3 is 2.62 bits per heavy atom. The molecule has 1 aromatic heterocycles. The van der Waals surface area contributed by atoms with Crippen LogP contribution in [0, 0.1) is 0 Å². The summed E-state index contributed by atoms with van der Waals surface area (Å²) in [5.41, 5.74) is 1.68. The second-order valence-electron chi connectivity index (χ2n) is 5.93. The van der Waals surface area contributed by atoms with Gasteiger partial charge in [0.2, 0.25) is 5.78 Å². The number of H-pyrrole nitrogens is 1. The van der Waals surface area contributed by atoms with Crippen molar-refractivity contribution in [3.8, 4) is 11.5 Å². The van der Waals surface area contributed by atoms with E-state index in [0.29, 0.717) is 51.8 Å². The number of aromatic amines is 1. The summed E-state index contributed by atoms with van der Waals surface area (Å²) < 4.78 is 11.0. The van der Waals surface area contributed by atoms with Gasteiger partial charge in [0.05, 0.1) is 12.1 Å². The van der Waals surface area contributed by atoms with Gasteiger partial charge in [0.1, 0.15) is 13.2 Å². The smallest absolute Gasteiger partial charge is 0.307 e. The van der Waals surface area contributed by atoms with Crippen LogP contribution >= 0.6 is 11.6 Å². The highest BCUT2D eigenvalue weighted by Gasteiger charge is 2.23. The zero-order chi connectivity index (χ0) is 18.3. The molecule has 0 spiro atoms. The predicted octanol–water partition coefficient (Wildman–Crippen LogP) is 3.45. The summed E-state index contributed by atoms with van der Waals surface area (Å²) in [4.78, 5) is 27.3. The molecule has 0 radical (unpaired) electrons. The highest BCUT2D eigenvalue weighted by molar-refractivity contribution is 6.31. The number of ketones is 1. The second kappa shape index (κ2) is 6.38. The van der Waals surface area contributed by atoms with Crippen molar-refractivity contribution in [3.05, 3.63) is 58.2 Å². The third-order valence-electron chi connectivity index (χ3n) is 4.23. The maximum Gasteiger partial charge on any atom is 0.307 e. The average molecular weight is 372 g/mol. The van der Waals surface area contributed by atoms with Gasteiger partial charge in [-0.3, -0.25) is 9.59 Å². The number of hydrogen-bond acceptors (Lipinski definition) is 4. The van der Waals surface area contributed by atoms with Gasteiger partial charge in [-0.1, -0.05) is 17.7 Å². The first-order valence-corrected chi connectivity index (χ1v) is 8.37. The number of benzene rings is 2. The number of carbonyl (C=O) groups excluding carboxylic acids is 1. The van der Waals surface area contributed by atoms with Crippen LogP contribution in [0.1, 0.15) is 21.6 Å². The monoisotopic (exact) mass is 371 g/mol. The molecule has 0 saturated carbocycles. The normalized spacial score (nSPS) is 13.0. The largest absolute Gasteiger partial charge is 0.486 e. The summed E-state index contributed by atoms with van der Waals surface area (Å²) in [5.74, 6) is -0.245. The van der Waals surface area contributed by atoms with Gasteiger partial charge < -0.3 is 19.6 Å². The molecule has 0 aliphatic carbocycles. The lowest BCUT2D eigenvalue weighted by atomic mass is 10.0. The fourth-order valence-corrected chi connectivity index (χ4v) is 3.26. The summed E-state index contributed by atoms with van der Waals surface area (Å²) in [7, 11) is 0. The predicted molar refractivity (Wildman–Crippen MR) is 95.5 cm³/mol. The van der Waals surface area contributed by atoms with Crippen LogP contribution in [0.3, 0.4) is 0 Å². The molecule has 7 heteroatoms. The molecule has 0 saturated heterocycles. The van der Waals surface area contributed by atoms with E-state index in [-0.39, 0.29) is 17.9 Å². The number of hydrogen-bond donors (Lipinski definition) is 2. The van der Waals surface area contributed by atoms with Crippen LogP contribution in [0.15, 0.2) is 36.4 Å². The molecule has 1 aliphatic rings. The molecule has 4 rings (SSSR count). The van der Waals surface area contributed by atoms with Crippen molar-refractivity contribution in [3.63, 3.8) is 0 Å². The Balaban J connectivity index is 1.82. The van der Waals surface area contributed by atoms with E-state index in [0.717, 1.165) is 0 Å². The van der Waals surface area contributed by atoms with Gasteiger partial charge >= 0.3 is 5.97 Å². The Kier molecular flexibility index (Phi) is 4.05. The minimum Gasteiger partial charge on any atom is -0.486 e. The zero-order valence-electron chi connectivity index (χ0n) is 13.5. The second-order valence-corrected chi connectivity index (χ2v) is 6.36. The number of ether oxygens (including phenoxy) is 2. The van der Waals surface area contributed by atoms with Crippen molar-refractivity contribution < 1.29 is 24.2 Å². The van der Waals surface area contributed by atoms with Crippen molar-refractivity contribution in [1.29, 1.82) is 0 Å². The molecule has 0 fully saturated rings. The van der Waals surface area contributed by atoms with E-state index >= 15 is 0 Å². The topological polar surface area (TPSA) is 88.6 Å². The fraction of sp³-hybridized carbons (Fsp3) is 0.158. The summed E-state index contributed by atoms with van der Waals surface area (Å²) in [6.45, 7) is 0.881. The summed E-state index contributed by atoms with van der Waals surface area (Å²) in [6, 6.07) is 9.98. The Hall–Kier alpha value is -2.99. The number of aliphatic carboxylic acids is 1. The van der Waals surface area contributed by atoms with Gasteiger partial charge in [-0.2, -0.15) is 0 Å². The molecule has 26 heavy (non-hydrogen) atoms. The molecular formula is C19H14ClNO5. The van der Waals surface area contributed by atoms with E-state index in [9.17, 15) is 14.7 Å². The minimum absolute atomic E-state index is 0.237. The van der Waals surface area contributed by atoms with Gasteiger partial charge in [0.15, 0.2) is 11.5 Å².